The van der Waals surface area contributed by atoms with Gasteiger partial charge in [-0.3, -0.25) is 4.98 Å². The maximum atomic E-state index is 13.4. The van der Waals surface area contributed by atoms with Crippen LogP contribution in [-0.4, -0.2) is 11.5 Å². The van der Waals surface area contributed by atoms with E-state index in [-0.39, 0.29) is 5.69 Å². The van der Waals surface area contributed by atoms with Gasteiger partial charge >= 0.3 is 5.92 Å². The van der Waals surface area contributed by atoms with E-state index in [1.54, 1.807) is 6.07 Å². The zero-order valence-electron chi connectivity index (χ0n) is 10.9. The highest BCUT2D eigenvalue weighted by atomic mass is 19.3. The molecule has 0 aliphatic carbocycles. The number of nitrogens with zero attached hydrogens (tertiary/aromatic N) is 1. The number of benzene rings is 1. The summed E-state index contributed by atoms with van der Waals surface area (Å²) in [5.41, 5.74) is 3.95. The third kappa shape index (κ3) is 2.18. The van der Waals surface area contributed by atoms with Gasteiger partial charge in [-0.25, -0.2) is 0 Å². The van der Waals surface area contributed by atoms with E-state index in [1.807, 2.05) is 12.1 Å². The van der Waals surface area contributed by atoms with E-state index in [0.717, 1.165) is 29.8 Å². The third-order valence-corrected chi connectivity index (χ3v) is 3.51. The molecule has 3 rings (SSSR count). The first-order chi connectivity index (χ1) is 9.60. The average Bonchev–Trinajstić information content (AvgIpc) is 2.94. The first kappa shape index (κ1) is 12.8. The van der Waals surface area contributed by atoms with Crippen LogP contribution in [0, 0.1) is 0 Å². The van der Waals surface area contributed by atoms with Crippen LogP contribution in [0.15, 0.2) is 49.2 Å². The standard InChI is InChI=1S/C16H14F2N2/c1-2-16(17,18)15-6-4-13(10-20-15)11-3-5-14-12(9-11)7-8-19-14/h2-6,9-10,19H,1,7-8H2. The number of pyridine rings is 1. The maximum Gasteiger partial charge on any atom is 0.307 e. The summed E-state index contributed by atoms with van der Waals surface area (Å²) < 4.78 is 26.8. The number of hydrogen-bond donors (Lipinski definition) is 1. The van der Waals surface area contributed by atoms with Gasteiger partial charge in [0.15, 0.2) is 0 Å². The zero-order chi connectivity index (χ0) is 14.2. The first-order valence-electron chi connectivity index (χ1n) is 6.45. The molecule has 0 bridgehead atoms. The molecule has 1 aromatic carbocycles. The van der Waals surface area contributed by atoms with Crippen LogP contribution in [0.3, 0.4) is 0 Å². The fourth-order valence-electron chi connectivity index (χ4n) is 2.35. The molecule has 102 valence electrons. The Bertz CT molecular complexity index is 648. The highest BCUT2D eigenvalue weighted by Crippen LogP contribution is 2.31. The summed E-state index contributed by atoms with van der Waals surface area (Å²) >= 11 is 0. The van der Waals surface area contributed by atoms with Crippen molar-refractivity contribution in [1.29, 1.82) is 0 Å². The summed E-state index contributed by atoms with van der Waals surface area (Å²) in [5.74, 6) is -3.08. The number of halogens is 2. The van der Waals surface area contributed by atoms with Crippen molar-refractivity contribution in [3.63, 3.8) is 0 Å². The van der Waals surface area contributed by atoms with Crippen LogP contribution >= 0.6 is 0 Å². The number of aromatic nitrogens is 1. The molecule has 2 nitrogen and oxygen atoms in total. The van der Waals surface area contributed by atoms with E-state index < -0.39 is 5.92 Å². The smallest absolute Gasteiger partial charge is 0.307 e. The third-order valence-electron chi connectivity index (χ3n) is 3.51. The van der Waals surface area contributed by atoms with E-state index >= 15 is 0 Å². The quantitative estimate of drug-likeness (QED) is 0.854. The summed E-state index contributed by atoms with van der Waals surface area (Å²) in [6.45, 7) is 4.08. The number of rotatable bonds is 3. The van der Waals surface area contributed by atoms with Crippen molar-refractivity contribution in [3.05, 3.63) is 60.4 Å². The van der Waals surface area contributed by atoms with Crippen molar-refractivity contribution in [2.24, 2.45) is 0 Å². The Labute approximate surface area is 116 Å². The summed E-state index contributed by atoms with van der Waals surface area (Å²) in [6.07, 6.45) is 3.08. The minimum absolute atomic E-state index is 0.279. The molecule has 0 saturated carbocycles. The molecular weight excluding hydrogens is 258 g/mol. The average molecular weight is 272 g/mol. The van der Waals surface area contributed by atoms with Crippen molar-refractivity contribution < 1.29 is 8.78 Å². The highest BCUT2D eigenvalue weighted by Gasteiger charge is 2.28. The Morgan fingerprint density at radius 1 is 1.20 bits per heavy atom. The van der Waals surface area contributed by atoms with Crippen molar-refractivity contribution in [1.82, 2.24) is 4.98 Å². The van der Waals surface area contributed by atoms with E-state index in [2.05, 4.69) is 22.9 Å². The lowest BCUT2D eigenvalue weighted by molar-refractivity contribution is 0.0477. The lowest BCUT2D eigenvalue weighted by Crippen LogP contribution is -2.10. The molecule has 4 heteroatoms. The molecule has 0 unspecified atom stereocenters. The van der Waals surface area contributed by atoms with Gasteiger partial charge in [0, 0.05) is 24.0 Å². The van der Waals surface area contributed by atoms with Gasteiger partial charge in [0.1, 0.15) is 5.69 Å². The Balaban J connectivity index is 1.93. The van der Waals surface area contributed by atoms with Gasteiger partial charge in [-0.2, -0.15) is 8.78 Å². The molecular formula is C16H14F2N2. The normalized spacial score (nSPS) is 13.7. The molecule has 0 fully saturated rings. The van der Waals surface area contributed by atoms with Gasteiger partial charge in [-0.05, 0) is 41.8 Å². The number of alkyl halides is 2. The van der Waals surface area contributed by atoms with Crippen LogP contribution < -0.4 is 5.32 Å². The number of anilines is 1. The number of nitrogens with one attached hydrogen (secondary N) is 1. The maximum absolute atomic E-state index is 13.4. The number of fused-ring (bicyclic) bond motifs is 1. The van der Waals surface area contributed by atoms with Gasteiger partial charge in [0.2, 0.25) is 0 Å². The van der Waals surface area contributed by atoms with Crippen molar-refractivity contribution in [2.45, 2.75) is 12.3 Å². The second-order valence-electron chi connectivity index (χ2n) is 4.81. The van der Waals surface area contributed by atoms with E-state index in [1.165, 1.54) is 17.8 Å². The Kier molecular flexibility index (Phi) is 3.01. The van der Waals surface area contributed by atoms with Crippen LogP contribution in [0.25, 0.3) is 11.1 Å². The van der Waals surface area contributed by atoms with Crippen LogP contribution in [0.1, 0.15) is 11.3 Å². The lowest BCUT2D eigenvalue weighted by Gasteiger charge is -2.11. The fourth-order valence-corrected chi connectivity index (χ4v) is 2.35. The molecule has 1 N–H and O–H groups in total. The summed E-state index contributed by atoms with van der Waals surface area (Å²) in [4.78, 5) is 3.85. The molecule has 2 heterocycles. The summed E-state index contributed by atoms with van der Waals surface area (Å²) in [7, 11) is 0. The van der Waals surface area contributed by atoms with Crippen LogP contribution in [0.2, 0.25) is 0 Å². The zero-order valence-corrected chi connectivity index (χ0v) is 10.9. The monoisotopic (exact) mass is 272 g/mol. The molecule has 0 atom stereocenters. The Hall–Kier alpha value is -2.23. The topological polar surface area (TPSA) is 24.9 Å². The first-order valence-corrected chi connectivity index (χ1v) is 6.45. The molecule has 1 aliphatic heterocycles. The number of hydrogen-bond acceptors (Lipinski definition) is 2. The predicted octanol–water partition coefficient (Wildman–Crippen LogP) is 3.99. The molecule has 0 amide bonds. The summed E-state index contributed by atoms with van der Waals surface area (Å²) in [5, 5.41) is 3.29. The fraction of sp³-hybridized carbons (Fsp3) is 0.188. The minimum atomic E-state index is -3.08. The van der Waals surface area contributed by atoms with E-state index in [0.29, 0.717) is 6.08 Å². The molecule has 20 heavy (non-hydrogen) atoms. The van der Waals surface area contributed by atoms with Gasteiger partial charge in [-0.1, -0.05) is 18.7 Å². The van der Waals surface area contributed by atoms with Crippen molar-refractivity contribution >= 4 is 5.69 Å². The largest absolute Gasteiger partial charge is 0.384 e. The van der Waals surface area contributed by atoms with Gasteiger partial charge < -0.3 is 5.32 Å². The molecule has 0 saturated heterocycles. The highest BCUT2D eigenvalue weighted by molar-refractivity contribution is 5.69. The molecule has 0 spiro atoms. The van der Waals surface area contributed by atoms with Crippen molar-refractivity contribution in [2.75, 3.05) is 11.9 Å². The molecule has 1 aliphatic rings. The number of allylic oxidation sites excluding steroid dienone is 1. The molecule has 2 aromatic rings. The Morgan fingerprint density at radius 2 is 2.00 bits per heavy atom. The Morgan fingerprint density at radius 3 is 2.70 bits per heavy atom. The SMILES string of the molecule is C=CC(F)(F)c1ccc(-c2ccc3c(c2)CCN3)cn1. The van der Waals surface area contributed by atoms with E-state index in [4.69, 9.17) is 0 Å². The van der Waals surface area contributed by atoms with Crippen LogP contribution in [0.5, 0.6) is 0 Å². The van der Waals surface area contributed by atoms with Gasteiger partial charge in [-0.15, -0.1) is 0 Å². The summed E-state index contributed by atoms with van der Waals surface area (Å²) in [6, 6.07) is 9.09. The van der Waals surface area contributed by atoms with Crippen LogP contribution in [0.4, 0.5) is 14.5 Å². The predicted molar refractivity (Wildman–Crippen MR) is 76.0 cm³/mol. The van der Waals surface area contributed by atoms with Crippen molar-refractivity contribution in [3.8, 4) is 11.1 Å². The second-order valence-corrected chi connectivity index (χ2v) is 4.81. The second kappa shape index (κ2) is 4.71. The van der Waals surface area contributed by atoms with Crippen LogP contribution in [-0.2, 0) is 12.3 Å². The minimum Gasteiger partial charge on any atom is -0.384 e. The van der Waals surface area contributed by atoms with Gasteiger partial charge in [0.05, 0.1) is 0 Å². The lowest BCUT2D eigenvalue weighted by atomic mass is 10.0. The van der Waals surface area contributed by atoms with Gasteiger partial charge in [0.25, 0.3) is 0 Å². The molecule has 0 radical (unpaired) electrons. The molecule has 1 aromatic heterocycles. The van der Waals surface area contributed by atoms with E-state index in [9.17, 15) is 8.78 Å².